The average Bonchev–Trinajstić information content (AvgIpc) is 2.97. The van der Waals surface area contributed by atoms with E-state index in [4.69, 9.17) is 4.74 Å². The first-order valence-electron chi connectivity index (χ1n) is 9.02. The topological polar surface area (TPSA) is 107 Å². The van der Waals surface area contributed by atoms with E-state index in [1.807, 2.05) is 0 Å². The van der Waals surface area contributed by atoms with Gasteiger partial charge in [0.25, 0.3) is 17.5 Å². The fourth-order valence-electron chi connectivity index (χ4n) is 2.94. The lowest BCUT2D eigenvalue weighted by atomic mass is 10.1. The van der Waals surface area contributed by atoms with Crippen molar-refractivity contribution in [2.75, 3.05) is 13.2 Å². The summed E-state index contributed by atoms with van der Waals surface area (Å²) in [7, 11) is 0. The second-order valence-corrected chi connectivity index (χ2v) is 6.37. The molecule has 8 nitrogen and oxygen atoms in total. The number of ether oxygens (including phenoxy) is 1. The second kappa shape index (κ2) is 8.92. The maximum absolute atomic E-state index is 12.2. The quantitative estimate of drug-likeness (QED) is 0.170. The van der Waals surface area contributed by atoms with Gasteiger partial charge in [-0.3, -0.25) is 24.6 Å². The highest BCUT2D eigenvalue weighted by molar-refractivity contribution is 6.21. The number of benzene rings is 2. The third-order valence-electron chi connectivity index (χ3n) is 4.39. The monoisotopic (exact) mass is 394 g/mol. The van der Waals surface area contributed by atoms with Gasteiger partial charge in [0, 0.05) is 24.8 Å². The summed E-state index contributed by atoms with van der Waals surface area (Å²) in [4.78, 5) is 47.6. The van der Waals surface area contributed by atoms with E-state index < -0.39 is 10.9 Å². The zero-order valence-corrected chi connectivity index (χ0v) is 15.4. The summed E-state index contributed by atoms with van der Waals surface area (Å²) in [5, 5.41) is 10.7. The van der Waals surface area contributed by atoms with Gasteiger partial charge >= 0.3 is 5.97 Å². The Morgan fingerprint density at radius 1 is 1.03 bits per heavy atom. The minimum absolute atomic E-state index is 0.0614. The lowest BCUT2D eigenvalue weighted by molar-refractivity contribution is -0.384. The van der Waals surface area contributed by atoms with E-state index in [2.05, 4.69) is 0 Å². The van der Waals surface area contributed by atoms with Gasteiger partial charge in [-0.25, -0.2) is 4.79 Å². The van der Waals surface area contributed by atoms with Crippen molar-refractivity contribution in [3.8, 4) is 0 Å². The van der Waals surface area contributed by atoms with Crippen LogP contribution in [0.15, 0.2) is 54.6 Å². The molecule has 1 aliphatic rings. The molecule has 2 aromatic carbocycles. The van der Waals surface area contributed by atoms with Gasteiger partial charge in [-0.15, -0.1) is 0 Å². The van der Waals surface area contributed by atoms with E-state index in [0.717, 1.165) is 0 Å². The summed E-state index contributed by atoms with van der Waals surface area (Å²) in [5.41, 5.74) is 1.28. The van der Waals surface area contributed by atoms with Crippen LogP contribution in [0, 0.1) is 10.1 Å². The van der Waals surface area contributed by atoms with E-state index in [0.29, 0.717) is 29.5 Å². The molecule has 0 unspecified atom stereocenters. The number of carbonyl (C=O) groups excluding carboxylic acids is 3. The lowest BCUT2D eigenvalue weighted by Crippen LogP contribution is -2.30. The SMILES string of the molecule is O=C(/C=C/c1cccc([N+](=O)[O-])c1)OCCCCN1C(=O)c2ccccc2C1=O. The molecule has 0 atom stereocenters. The van der Waals surface area contributed by atoms with E-state index in [-0.39, 0.29) is 30.7 Å². The summed E-state index contributed by atoms with van der Waals surface area (Å²) in [6.45, 7) is 0.398. The van der Waals surface area contributed by atoms with Gasteiger partial charge in [-0.05, 0) is 36.6 Å². The highest BCUT2D eigenvalue weighted by Gasteiger charge is 2.34. The number of rotatable bonds is 8. The van der Waals surface area contributed by atoms with Crippen LogP contribution in [0.5, 0.6) is 0 Å². The lowest BCUT2D eigenvalue weighted by Gasteiger charge is -2.13. The number of non-ortho nitro benzene ring substituents is 1. The van der Waals surface area contributed by atoms with Crippen molar-refractivity contribution in [3.63, 3.8) is 0 Å². The molecule has 2 amide bonds. The highest BCUT2D eigenvalue weighted by atomic mass is 16.6. The molecule has 8 heteroatoms. The van der Waals surface area contributed by atoms with Gasteiger partial charge in [-0.1, -0.05) is 24.3 Å². The average molecular weight is 394 g/mol. The number of nitro groups is 1. The summed E-state index contributed by atoms with van der Waals surface area (Å²) < 4.78 is 5.07. The number of unbranched alkanes of at least 4 members (excludes halogenated alkanes) is 1. The van der Waals surface area contributed by atoms with Crippen LogP contribution in [0.4, 0.5) is 5.69 Å². The summed E-state index contributed by atoms with van der Waals surface area (Å²) in [5.74, 6) is -1.18. The molecule has 0 aliphatic carbocycles. The Morgan fingerprint density at radius 2 is 1.72 bits per heavy atom. The second-order valence-electron chi connectivity index (χ2n) is 6.37. The molecule has 0 aromatic heterocycles. The zero-order valence-electron chi connectivity index (χ0n) is 15.4. The molecule has 1 heterocycles. The highest BCUT2D eigenvalue weighted by Crippen LogP contribution is 2.22. The Kier molecular flexibility index (Phi) is 6.13. The minimum atomic E-state index is -0.572. The third kappa shape index (κ3) is 4.73. The number of amides is 2. The molecule has 0 spiro atoms. The number of hydrogen-bond donors (Lipinski definition) is 0. The fraction of sp³-hybridized carbons (Fsp3) is 0.190. The number of nitro benzene ring substituents is 1. The van der Waals surface area contributed by atoms with Crippen LogP contribution in [0.3, 0.4) is 0 Å². The van der Waals surface area contributed by atoms with Crippen molar-refractivity contribution in [2.24, 2.45) is 0 Å². The molecule has 29 heavy (non-hydrogen) atoms. The van der Waals surface area contributed by atoms with E-state index in [1.165, 1.54) is 35.3 Å². The van der Waals surface area contributed by atoms with Crippen LogP contribution in [-0.4, -0.2) is 40.8 Å². The van der Waals surface area contributed by atoms with Crippen molar-refractivity contribution in [3.05, 3.63) is 81.4 Å². The largest absolute Gasteiger partial charge is 0.463 e. The fourth-order valence-corrected chi connectivity index (χ4v) is 2.94. The zero-order chi connectivity index (χ0) is 20.8. The predicted octanol–water partition coefficient (Wildman–Crippen LogP) is 3.23. The summed E-state index contributed by atoms with van der Waals surface area (Å²) >= 11 is 0. The van der Waals surface area contributed by atoms with Gasteiger partial charge in [0.05, 0.1) is 22.7 Å². The first kappa shape index (κ1) is 19.9. The van der Waals surface area contributed by atoms with Crippen molar-refractivity contribution in [1.82, 2.24) is 4.90 Å². The molecular formula is C21H18N2O6. The Labute approximate surface area is 166 Å². The van der Waals surface area contributed by atoms with Crippen molar-refractivity contribution in [2.45, 2.75) is 12.8 Å². The van der Waals surface area contributed by atoms with Crippen LogP contribution in [0.2, 0.25) is 0 Å². The molecule has 0 fully saturated rings. The number of esters is 1. The Balaban J connectivity index is 1.40. The van der Waals surface area contributed by atoms with Crippen LogP contribution >= 0.6 is 0 Å². The minimum Gasteiger partial charge on any atom is -0.463 e. The van der Waals surface area contributed by atoms with Gasteiger partial charge < -0.3 is 4.74 Å². The molecule has 0 radical (unpaired) electrons. The molecule has 2 aromatic rings. The summed E-state index contributed by atoms with van der Waals surface area (Å²) in [6.07, 6.45) is 3.63. The first-order chi connectivity index (χ1) is 14.0. The smallest absolute Gasteiger partial charge is 0.330 e. The van der Waals surface area contributed by atoms with E-state index >= 15 is 0 Å². The molecule has 1 aliphatic heterocycles. The normalized spacial score (nSPS) is 13.0. The number of hydrogen-bond acceptors (Lipinski definition) is 6. The maximum Gasteiger partial charge on any atom is 0.330 e. The summed E-state index contributed by atoms with van der Waals surface area (Å²) in [6, 6.07) is 12.6. The predicted molar refractivity (Wildman–Crippen MR) is 104 cm³/mol. The number of carbonyl (C=O) groups is 3. The molecule has 0 N–H and O–H groups in total. The van der Waals surface area contributed by atoms with Crippen LogP contribution in [0.1, 0.15) is 39.1 Å². The Hall–Kier alpha value is -3.81. The molecule has 0 saturated heterocycles. The molecule has 0 bridgehead atoms. The van der Waals surface area contributed by atoms with Crippen molar-refractivity contribution >= 4 is 29.5 Å². The van der Waals surface area contributed by atoms with Gasteiger partial charge in [0.15, 0.2) is 0 Å². The van der Waals surface area contributed by atoms with Crippen LogP contribution in [-0.2, 0) is 9.53 Å². The van der Waals surface area contributed by atoms with Crippen molar-refractivity contribution < 1.29 is 24.0 Å². The molecule has 0 saturated carbocycles. The standard InChI is InChI=1S/C21H18N2O6/c24-19(11-10-15-6-5-7-16(14-15)23(27)28)29-13-4-3-12-22-20(25)17-8-1-2-9-18(17)21(22)26/h1-2,5-11,14H,3-4,12-13H2/b11-10+. The van der Waals surface area contributed by atoms with Gasteiger partial charge in [0.1, 0.15) is 0 Å². The Bertz CT molecular complexity index is 963. The number of nitrogens with zero attached hydrogens (tertiary/aromatic N) is 2. The van der Waals surface area contributed by atoms with Crippen LogP contribution in [0.25, 0.3) is 6.08 Å². The first-order valence-corrected chi connectivity index (χ1v) is 9.02. The number of fused-ring (bicyclic) bond motifs is 1. The maximum atomic E-state index is 12.2. The molecule has 148 valence electrons. The number of imide groups is 1. The molecule has 3 rings (SSSR count). The van der Waals surface area contributed by atoms with E-state index in [9.17, 15) is 24.5 Å². The van der Waals surface area contributed by atoms with E-state index in [1.54, 1.807) is 30.3 Å². The molecular weight excluding hydrogens is 376 g/mol. The van der Waals surface area contributed by atoms with Crippen LogP contribution < -0.4 is 0 Å². The third-order valence-corrected chi connectivity index (χ3v) is 4.39. The van der Waals surface area contributed by atoms with Gasteiger partial charge in [-0.2, -0.15) is 0 Å². The van der Waals surface area contributed by atoms with Crippen molar-refractivity contribution in [1.29, 1.82) is 0 Å². The Morgan fingerprint density at radius 3 is 2.38 bits per heavy atom. The van der Waals surface area contributed by atoms with Gasteiger partial charge in [0.2, 0.25) is 0 Å².